The van der Waals surface area contributed by atoms with Gasteiger partial charge in [-0.3, -0.25) is 4.79 Å². The van der Waals surface area contributed by atoms with Gasteiger partial charge in [0.05, 0.1) is 18.4 Å². The Morgan fingerprint density at radius 3 is 2.58 bits per heavy atom. The molecule has 1 aromatic heterocycles. The molecule has 0 unspecified atom stereocenters. The molecular formula is C21H19N3O2. The topological polar surface area (TPSA) is 64.1 Å². The molecular weight excluding hydrogens is 326 g/mol. The minimum atomic E-state index is -0.154. The van der Waals surface area contributed by atoms with Crippen LogP contribution in [0.15, 0.2) is 79.4 Å². The number of nitrogens with one attached hydrogen (secondary N) is 1. The molecule has 2 aromatic carbocycles. The molecule has 26 heavy (non-hydrogen) atoms. The van der Waals surface area contributed by atoms with Gasteiger partial charge in [0.2, 0.25) is 5.91 Å². The van der Waals surface area contributed by atoms with Gasteiger partial charge in [-0.05, 0) is 36.3 Å². The van der Waals surface area contributed by atoms with Gasteiger partial charge in [0.1, 0.15) is 12.1 Å². The van der Waals surface area contributed by atoms with Crippen molar-refractivity contribution in [3.05, 3.63) is 90.5 Å². The number of benzene rings is 2. The first-order valence-electron chi connectivity index (χ1n) is 8.27. The molecule has 0 fully saturated rings. The van der Waals surface area contributed by atoms with Crippen LogP contribution < -0.4 is 10.1 Å². The van der Waals surface area contributed by atoms with E-state index in [9.17, 15) is 4.79 Å². The number of aromatic nitrogens is 2. The van der Waals surface area contributed by atoms with E-state index >= 15 is 0 Å². The Balaban J connectivity index is 1.62. The molecule has 3 aromatic rings. The minimum Gasteiger partial charge on any atom is -0.454 e. The SMILES string of the molecule is C[C@H](NC(=O)/C=C/c1ccccc1)c1cccc(Oc2cncnc2)c1. The number of ether oxygens (including phenoxy) is 1. The van der Waals surface area contributed by atoms with Gasteiger partial charge >= 0.3 is 0 Å². The van der Waals surface area contributed by atoms with Gasteiger partial charge in [0.15, 0.2) is 5.75 Å². The molecule has 0 bridgehead atoms. The monoisotopic (exact) mass is 345 g/mol. The van der Waals surface area contributed by atoms with Crippen molar-refractivity contribution in [3.8, 4) is 11.5 Å². The van der Waals surface area contributed by atoms with Gasteiger partial charge in [0.25, 0.3) is 0 Å². The van der Waals surface area contributed by atoms with E-state index in [1.807, 2.05) is 61.5 Å². The van der Waals surface area contributed by atoms with Crippen LogP contribution in [0.4, 0.5) is 0 Å². The van der Waals surface area contributed by atoms with Gasteiger partial charge in [-0.25, -0.2) is 9.97 Å². The fourth-order valence-corrected chi connectivity index (χ4v) is 2.40. The van der Waals surface area contributed by atoms with Gasteiger partial charge < -0.3 is 10.1 Å². The fraction of sp³-hybridized carbons (Fsp3) is 0.0952. The summed E-state index contributed by atoms with van der Waals surface area (Å²) in [4.78, 5) is 20.0. The molecule has 3 rings (SSSR count). The molecule has 0 radical (unpaired) electrons. The van der Waals surface area contributed by atoms with Crippen LogP contribution in [0, 0.1) is 0 Å². The van der Waals surface area contributed by atoms with Crippen molar-refractivity contribution in [2.75, 3.05) is 0 Å². The molecule has 0 spiro atoms. The van der Waals surface area contributed by atoms with E-state index in [1.54, 1.807) is 18.5 Å². The van der Waals surface area contributed by atoms with Crippen molar-refractivity contribution in [2.45, 2.75) is 13.0 Å². The van der Waals surface area contributed by atoms with Crippen LogP contribution >= 0.6 is 0 Å². The van der Waals surface area contributed by atoms with E-state index in [4.69, 9.17) is 4.74 Å². The Hall–Kier alpha value is -3.47. The predicted octanol–water partition coefficient (Wildman–Crippen LogP) is 4.16. The Labute approximate surface area is 152 Å². The summed E-state index contributed by atoms with van der Waals surface area (Å²) in [5.74, 6) is 1.08. The number of amides is 1. The first kappa shape index (κ1) is 17.4. The van der Waals surface area contributed by atoms with E-state index in [2.05, 4.69) is 15.3 Å². The Morgan fingerprint density at radius 2 is 1.81 bits per heavy atom. The van der Waals surface area contributed by atoms with Crippen LogP contribution in [0.1, 0.15) is 24.1 Å². The lowest BCUT2D eigenvalue weighted by Gasteiger charge is -2.14. The molecule has 1 N–H and O–H groups in total. The second-order valence-corrected chi connectivity index (χ2v) is 5.72. The Morgan fingerprint density at radius 1 is 1.04 bits per heavy atom. The molecule has 0 saturated heterocycles. The molecule has 5 heteroatoms. The minimum absolute atomic E-state index is 0.149. The molecule has 0 aliphatic rings. The van der Waals surface area contributed by atoms with Crippen LogP contribution in [0.5, 0.6) is 11.5 Å². The van der Waals surface area contributed by atoms with Crippen LogP contribution in [0.2, 0.25) is 0 Å². The lowest BCUT2D eigenvalue weighted by Crippen LogP contribution is -2.24. The zero-order valence-corrected chi connectivity index (χ0v) is 14.4. The molecule has 0 aliphatic heterocycles. The summed E-state index contributed by atoms with van der Waals surface area (Å²) in [7, 11) is 0. The number of rotatable bonds is 6. The highest BCUT2D eigenvalue weighted by molar-refractivity contribution is 5.91. The first-order chi connectivity index (χ1) is 12.7. The highest BCUT2D eigenvalue weighted by atomic mass is 16.5. The van der Waals surface area contributed by atoms with Crippen LogP contribution in [-0.2, 0) is 4.79 Å². The van der Waals surface area contributed by atoms with Crippen molar-refractivity contribution in [1.82, 2.24) is 15.3 Å². The molecule has 1 amide bonds. The third-order valence-electron chi connectivity index (χ3n) is 3.72. The summed E-state index contributed by atoms with van der Waals surface area (Å²) in [6.45, 7) is 1.93. The largest absolute Gasteiger partial charge is 0.454 e. The lowest BCUT2D eigenvalue weighted by atomic mass is 10.1. The number of hydrogen-bond donors (Lipinski definition) is 1. The highest BCUT2D eigenvalue weighted by Gasteiger charge is 2.09. The molecule has 0 saturated carbocycles. The third kappa shape index (κ3) is 5.01. The molecule has 0 aliphatic carbocycles. The maximum Gasteiger partial charge on any atom is 0.244 e. The van der Waals surface area contributed by atoms with Gasteiger partial charge in [0, 0.05) is 6.08 Å². The van der Waals surface area contributed by atoms with Crippen LogP contribution in [0.25, 0.3) is 6.08 Å². The average Bonchev–Trinajstić information content (AvgIpc) is 2.68. The summed E-state index contributed by atoms with van der Waals surface area (Å²) in [6.07, 6.45) is 7.97. The van der Waals surface area contributed by atoms with E-state index < -0.39 is 0 Å². The van der Waals surface area contributed by atoms with Crippen molar-refractivity contribution >= 4 is 12.0 Å². The van der Waals surface area contributed by atoms with Crippen LogP contribution in [0.3, 0.4) is 0 Å². The lowest BCUT2D eigenvalue weighted by molar-refractivity contribution is -0.117. The fourth-order valence-electron chi connectivity index (χ4n) is 2.40. The average molecular weight is 345 g/mol. The van der Waals surface area contributed by atoms with Crippen molar-refractivity contribution < 1.29 is 9.53 Å². The number of hydrogen-bond acceptors (Lipinski definition) is 4. The smallest absolute Gasteiger partial charge is 0.244 e. The zero-order chi connectivity index (χ0) is 18.2. The summed E-state index contributed by atoms with van der Waals surface area (Å²) in [5, 5.41) is 2.95. The highest BCUT2D eigenvalue weighted by Crippen LogP contribution is 2.23. The summed E-state index contributed by atoms with van der Waals surface area (Å²) >= 11 is 0. The Kier molecular flexibility index (Phi) is 5.72. The maximum atomic E-state index is 12.1. The van der Waals surface area contributed by atoms with E-state index in [0.717, 1.165) is 11.1 Å². The third-order valence-corrected chi connectivity index (χ3v) is 3.72. The number of carbonyl (C=O) groups is 1. The van der Waals surface area contributed by atoms with Crippen molar-refractivity contribution in [2.24, 2.45) is 0 Å². The first-order valence-corrected chi connectivity index (χ1v) is 8.27. The second-order valence-electron chi connectivity index (χ2n) is 5.72. The zero-order valence-electron chi connectivity index (χ0n) is 14.4. The van der Waals surface area contributed by atoms with E-state index in [0.29, 0.717) is 11.5 Å². The summed E-state index contributed by atoms with van der Waals surface area (Å²) in [6, 6.07) is 17.1. The van der Waals surface area contributed by atoms with Crippen molar-refractivity contribution in [1.29, 1.82) is 0 Å². The number of carbonyl (C=O) groups excluding carboxylic acids is 1. The normalized spacial score (nSPS) is 11.9. The molecule has 130 valence electrons. The molecule has 1 atom stereocenters. The summed E-state index contributed by atoms with van der Waals surface area (Å²) < 4.78 is 5.73. The number of nitrogens with zero attached hydrogens (tertiary/aromatic N) is 2. The second kappa shape index (κ2) is 8.58. The summed E-state index contributed by atoms with van der Waals surface area (Å²) in [5.41, 5.74) is 1.93. The van der Waals surface area contributed by atoms with E-state index in [-0.39, 0.29) is 11.9 Å². The quantitative estimate of drug-likeness (QED) is 0.681. The standard InChI is InChI=1S/C21H19N3O2/c1-16(24-21(25)11-10-17-6-3-2-4-7-17)18-8-5-9-19(12-18)26-20-13-22-15-23-14-20/h2-16H,1H3,(H,24,25)/b11-10+/t16-/m0/s1. The van der Waals surface area contributed by atoms with Crippen molar-refractivity contribution in [3.63, 3.8) is 0 Å². The van der Waals surface area contributed by atoms with Crippen LogP contribution in [-0.4, -0.2) is 15.9 Å². The van der Waals surface area contributed by atoms with Gasteiger partial charge in [-0.1, -0.05) is 42.5 Å². The van der Waals surface area contributed by atoms with Gasteiger partial charge in [-0.2, -0.15) is 0 Å². The Bertz CT molecular complexity index is 880. The maximum absolute atomic E-state index is 12.1. The molecule has 5 nitrogen and oxygen atoms in total. The molecule has 1 heterocycles. The van der Waals surface area contributed by atoms with E-state index in [1.165, 1.54) is 12.4 Å². The predicted molar refractivity (Wildman–Crippen MR) is 101 cm³/mol. The van der Waals surface area contributed by atoms with Gasteiger partial charge in [-0.15, -0.1) is 0 Å².